The van der Waals surface area contributed by atoms with Gasteiger partial charge in [0.25, 0.3) is 0 Å². The molecule has 6 nitrogen and oxygen atoms in total. The van der Waals surface area contributed by atoms with Gasteiger partial charge in [-0.15, -0.1) is 11.3 Å². The fourth-order valence-electron chi connectivity index (χ4n) is 3.56. The number of hydrogen-bond donors (Lipinski definition) is 1. The van der Waals surface area contributed by atoms with Gasteiger partial charge in [-0.25, -0.2) is 24.9 Å². The minimum absolute atomic E-state index is 0.0364. The summed E-state index contributed by atoms with van der Waals surface area (Å²) in [5.41, 5.74) is 7.87. The second-order valence-electron chi connectivity index (χ2n) is 7.45. The molecule has 3 aromatic heterocycles. The van der Waals surface area contributed by atoms with Gasteiger partial charge >= 0.3 is 0 Å². The SMILES string of the molecule is Cc1nc(N[C@@H](C)c2cccc(-c3cnc(Cl)nc3)c2)cc(-c2ccc3ncsc3c2)n1. The van der Waals surface area contributed by atoms with E-state index in [0.29, 0.717) is 5.82 Å². The molecule has 0 unspecified atom stereocenters. The summed E-state index contributed by atoms with van der Waals surface area (Å²) in [4.78, 5) is 21.8. The monoisotopic (exact) mass is 458 g/mol. The van der Waals surface area contributed by atoms with Crippen LogP contribution in [0.25, 0.3) is 32.6 Å². The molecule has 158 valence electrons. The standard InChI is InChI=1S/C24H19ClN6S/c1-14(16-4-3-5-17(8-16)19-11-26-24(25)27-12-19)29-23-10-21(30-15(2)31-23)18-6-7-20-22(9-18)32-13-28-20/h3-14H,1-2H3,(H,29,30,31)/t14-/m0/s1. The molecule has 1 atom stereocenters. The van der Waals surface area contributed by atoms with Crippen LogP contribution in [0.2, 0.25) is 5.28 Å². The number of fused-ring (bicyclic) bond motifs is 1. The lowest BCUT2D eigenvalue weighted by molar-refractivity contribution is 0.868. The number of hydrogen-bond acceptors (Lipinski definition) is 7. The van der Waals surface area contributed by atoms with Crippen molar-refractivity contribution in [1.82, 2.24) is 24.9 Å². The van der Waals surface area contributed by atoms with Crippen LogP contribution in [-0.2, 0) is 0 Å². The van der Waals surface area contributed by atoms with E-state index in [1.165, 1.54) is 0 Å². The minimum Gasteiger partial charge on any atom is -0.363 e. The van der Waals surface area contributed by atoms with Crippen molar-refractivity contribution in [2.75, 3.05) is 5.32 Å². The lowest BCUT2D eigenvalue weighted by Gasteiger charge is -2.17. The van der Waals surface area contributed by atoms with Crippen LogP contribution < -0.4 is 5.32 Å². The van der Waals surface area contributed by atoms with E-state index in [0.717, 1.165) is 44.0 Å². The molecule has 0 saturated carbocycles. The summed E-state index contributed by atoms with van der Waals surface area (Å²) < 4.78 is 1.14. The Morgan fingerprint density at radius 1 is 0.906 bits per heavy atom. The van der Waals surface area contributed by atoms with Gasteiger partial charge in [0, 0.05) is 35.6 Å². The van der Waals surface area contributed by atoms with E-state index in [1.807, 2.05) is 36.7 Å². The first-order valence-corrected chi connectivity index (χ1v) is 11.3. The summed E-state index contributed by atoms with van der Waals surface area (Å²) in [6.07, 6.45) is 3.46. The molecule has 1 N–H and O–H groups in total. The minimum atomic E-state index is 0.0364. The average Bonchev–Trinajstić information content (AvgIpc) is 3.27. The van der Waals surface area contributed by atoms with Crippen LogP contribution >= 0.6 is 22.9 Å². The van der Waals surface area contributed by atoms with E-state index >= 15 is 0 Å². The molecule has 0 aliphatic heterocycles. The highest BCUT2D eigenvalue weighted by molar-refractivity contribution is 7.16. The number of thiazole rings is 1. The molecule has 0 radical (unpaired) electrons. The molecule has 5 rings (SSSR count). The van der Waals surface area contributed by atoms with Crippen molar-refractivity contribution >= 4 is 39.0 Å². The molecule has 3 heterocycles. The summed E-state index contributed by atoms with van der Waals surface area (Å²) in [7, 11) is 0. The smallest absolute Gasteiger partial charge is 0.222 e. The Morgan fingerprint density at radius 3 is 2.59 bits per heavy atom. The average molecular weight is 459 g/mol. The maximum Gasteiger partial charge on any atom is 0.222 e. The van der Waals surface area contributed by atoms with Crippen molar-refractivity contribution in [3.05, 3.63) is 83.1 Å². The zero-order valence-electron chi connectivity index (χ0n) is 17.5. The van der Waals surface area contributed by atoms with Crippen LogP contribution in [0.15, 0.2) is 66.4 Å². The third kappa shape index (κ3) is 4.30. The maximum atomic E-state index is 5.82. The van der Waals surface area contributed by atoms with Crippen molar-refractivity contribution in [3.63, 3.8) is 0 Å². The second kappa shape index (κ2) is 8.61. The van der Waals surface area contributed by atoms with Gasteiger partial charge in [0.1, 0.15) is 11.6 Å². The third-order valence-electron chi connectivity index (χ3n) is 5.17. The van der Waals surface area contributed by atoms with Crippen LogP contribution in [0.5, 0.6) is 0 Å². The summed E-state index contributed by atoms with van der Waals surface area (Å²) in [5, 5.41) is 3.76. The zero-order chi connectivity index (χ0) is 22.1. The highest BCUT2D eigenvalue weighted by Crippen LogP contribution is 2.28. The molecule has 5 aromatic rings. The molecule has 0 aliphatic carbocycles. The number of benzene rings is 2. The lowest BCUT2D eigenvalue weighted by Crippen LogP contribution is -2.09. The molecule has 0 amide bonds. The number of halogens is 1. The van der Waals surface area contributed by atoms with Crippen molar-refractivity contribution in [1.29, 1.82) is 0 Å². The summed E-state index contributed by atoms with van der Waals surface area (Å²) in [5.74, 6) is 1.50. The topological polar surface area (TPSA) is 76.5 Å². The summed E-state index contributed by atoms with van der Waals surface area (Å²) >= 11 is 7.44. The molecule has 8 heteroatoms. The number of nitrogens with one attached hydrogen (secondary N) is 1. The van der Waals surface area contributed by atoms with E-state index in [-0.39, 0.29) is 11.3 Å². The van der Waals surface area contributed by atoms with Crippen LogP contribution in [0.1, 0.15) is 24.4 Å². The van der Waals surface area contributed by atoms with Gasteiger partial charge in [-0.1, -0.05) is 24.3 Å². The molecule has 0 spiro atoms. The van der Waals surface area contributed by atoms with Crippen LogP contribution in [0.3, 0.4) is 0 Å². The van der Waals surface area contributed by atoms with Gasteiger partial charge in [0.05, 0.1) is 21.4 Å². The van der Waals surface area contributed by atoms with Crippen LogP contribution in [0.4, 0.5) is 5.82 Å². The molecule has 0 fully saturated rings. The van der Waals surface area contributed by atoms with Crippen molar-refractivity contribution < 1.29 is 0 Å². The molecule has 0 aliphatic rings. The normalized spacial score (nSPS) is 12.1. The maximum absolute atomic E-state index is 5.82. The van der Waals surface area contributed by atoms with Crippen molar-refractivity contribution in [2.24, 2.45) is 0 Å². The molecular weight excluding hydrogens is 440 g/mol. The Kier molecular flexibility index (Phi) is 5.51. The van der Waals surface area contributed by atoms with Crippen molar-refractivity contribution in [2.45, 2.75) is 19.9 Å². The zero-order valence-corrected chi connectivity index (χ0v) is 19.0. The summed E-state index contributed by atoms with van der Waals surface area (Å²) in [6, 6.07) is 16.5. The fraction of sp³-hybridized carbons (Fsp3) is 0.125. The quantitative estimate of drug-likeness (QED) is 0.309. The summed E-state index contributed by atoms with van der Waals surface area (Å²) in [6.45, 7) is 4.02. The van der Waals surface area contributed by atoms with Gasteiger partial charge in [0.2, 0.25) is 5.28 Å². The molecule has 0 saturated heterocycles. The van der Waals surface area contributed by atoms with Gasteiger partial charge < -0.3 is 5.32 Å². The lowest BCUT2D eigenvalue weighted by atomic mass is 10.0. The largest absolute Gasteiger partial charge is 0.363 e. The Balaban J connectivity index is 1.41. The predicted octanol–water partition coefficient (Wildman–Crippen LogP) is 6.35. The van der Waals surface area contributed by atoms with Crippen LogP contribution in [-0.4, -0.2) is 24.9 Å². The Hall–Kier alpha value is -3.42. The highest BCUT2D eigenvalue weighted by atomic mass is 35.5. The number of anilines is 1. The first-order valence-electron chi connectivity index (χ1n) is 10.1. The van der Waals surface area contributed by atoms with E-state index < -0.39 is 0 Å². The highest BCUT2D eigenvalue weighted by Gasteiger charge is 2.11. The van der Waals surface area contributed by atoms with E-state index in [4.69, 9.17) is 11.6 Å². The van der Waals surface area contributed by atoms with Gasteiger partial charge in [-0.2, -0.15) is 0 Å². The second-order valence-corrected chi connectivity index (χ2v) is 8.68. The Bertz CT molecular complexity index is 1400. The molecule has 32 heavy (non-hydrogen) atoms. The number of rotatable bonds is 5. The number of aryl methyl sites for hydroxylation is 1. The van der Waals surface area contributed by atoms with Crippen molar-refractivity contribution in [3.8, 4) is 22.4 Å². The Labute approximate surface area is 194 Å². The third-order valence-corrected chi connectivity index (χ3v) is 6.16. The molecular formula is C24H19ClN6S. The predicted molar refractivity (Wildman–Crippen MR) is 130 cm³/mol. The first kappa shape index (κ1) is 20.5. The van der Waals surface area contributed by atoms with Gasteiger partial charge in [0.15, 0.2) is 0 Å². The van der Waals surface area contributed by atoms with Crippen LogP contribution in [0, 0.1) is 6.92 Å². The Morgan fingerprint density at radius 2 is 1.75 bits per heavy atom. The number of aromatic nitrogens is 5. The number of nitrogens with zero attached hydrogens (tertiary/aromatic N) is 5. The molecule has 0 bridgehead atoms. The van der Waals surface area contributed by atoms with E-state index in [2.05, 4.69) is 61.4 Å². The molecule has 2 aromatic carbocycles. The first-order chi connectivity index (χ1) is 15.5. The van der Waals surface area contributed by atoms with Gasteiger partial charge in [-0.3, -0.25) is 0 Å². The van der Waals surface area contributed by atoms with Gasteiger partial charge in [-0.05, 0) is 54.8 Å². The van der Waals surface area contributed by atoms with E-state index in [1.54, 1.807) is 23.7 Å². The fourth-order valence-corrected chi connectivity index (χ4v) is 4.37. The van der Waals surface area contributed by atoms with E-state index in [9.17, 15) is 0 Å².